The fourth-order valence-corrected chi connectivity index (χ4v) is 2.44. The summed E-state index contributed by atoms with van der Waals surface area (Å²) in [6, 6.07) is 19.2. The van der Waals surface area contributed by atoms with Gasteiger partial charge in [-0.2, -0.15) is 0 Å². The first-order valence-corrected chi connectivity index (χ1v) is 7.62. The highest BCUT2D eigenvalue weighted by Gasteiger charge is 2.23. The maximum absolute atomic E-state index is 12.3. The summed E-state index contributed by atoms with van der Waals surface area (Å²) in [6.45, 7) is 1.87. The molecule has 2 rings (SSSR count). The van der Waals surface area contributed by atoms with Crippen LogP contribution in [0.4, 0.5) is 0 Å². The number of aliphatic hydroxyl groups is 1. The Hall–Kier alpha value is -2.13. The number of aryl methyl sites for hydroxylation is 1. The predicted molar refractivity (Wildman–Crippen MR) is 88.4 cm³/mol. The summed E-state index contributed by atoms with van der Waals surface area (Å²) >= 11 is 0. The Morgan fingerprint density at radius 3 is 2.18 bits per heavy atom. The molecule has 2 atom stereocenters. The molecule has 0 spiro atoms. The topological polar surface area (TPSA) is 40.5 Å². The van der Waals surface area contributed by atoms with Crippen LogP contribution in [0.2, 0.25) is 0 Å². The molecule has 0 heterocycles. The second kappa shape index (κ2) is 7.76. The fraction of sp³-hybridized carbons (Fsp3) is 0.316. The van der Waals surface area contributed by atoms with Gasteiger partial charge >= 0.3 is 0 Å². The number of nitrogens with zero attached hydrogens (tertiary/aromatic N) is 1. The van der Waals surface area contributed by atoms with Gasteiger partial charge in [0.1, 0.15) is 0 Å². The maximum Gasteiger partial charge on any atom is 0.222 e. The lowest BCUT2D eigenvalue weighted by Crippen LogP contribution is -2.39. The van der Waals surface area contributed by atoms with E-state index in [1.54, 1.807) is 11.9 Å². The highest BCUT2D eigenvalue weighted by Crippen LogP contribution is 2.20. The maximum atomic E-state index is 12.3. The molecule has 0 aliphatic heterocycles. The van der Waals surface area contributed by atoms with Crippen molar-refractivity contribution in [3.63, 3.8) is 0 Å². The Morgan fingerprint density at radius 2 is 1.59 bits per heavy atom. The molecule has 3 heteroatoms. The molecule has 0 aliphatic rings. The molecule has 0 radical (unpaired) electrons. The Kier molecular flexibility index (Phi) is 5.73. The van der Waals surface area contributed by atoms with Gasteiger partial charge in [-0.05, 0) is 24.5 Å². The van der Waals surface area contributed by atoms with E-state index >= 15 is 0 Å². The van der Waals surface area contributed by atoms with Crippen molar-refractivity contribution in [3.05, 3.63) is 71.8 Å². The minimum atomic E-state index is -0.674. The highest BCUT2D eigenvalue weighted by molar-refractivity contribution is 5.76. The van der Waals surface area contributed by atoms with E-state index in [0.29, 0.717) is 6.42 Å². The fourth-order valence-electron chi connectivity index (χ4n) is 2.44. The van der Waals surface area contributed by atoms with Crippen molar-refractivity contribution in [1.29, 1.82) is 0 Å². The van der Waals surface area contributed by atoms with E-state index in [1.165, 1.54) is 0 Å². The van der Waals surface area contributed by atoms with Gasteiger partial charge in [-0.3, -0.25) is 4.79 Å². The number of hydrogen-bond donors (Lipinski definition) is 1. The van der Waals surface area contributed by atoms with Crippen molar-refractivity contribution >= 4 is 5.91 Å². The van der Waals surface area contributed by atoms with Crippen LogP contribution in [0, 0.1) is 0 Å². The zero-order valence-electron chi connectivity index (χ0n) is 13.1. The number of amides is 1. The van der Waals surface area contributed by atoms with Gasteiger partial charge in [0.2, 0.25) is 5.91 Å². The summed E-state index contributed by atoms with van der Waals surface area (Å²) in [5, 5.41) is 10.4. The summed E-state index contributed by atoms with van der Waals surface area (Å²) in [5.74, 6) is 0.0475. The lowest BCUT2D eigenvalue weighted by Gasteiger charge is -2.29. The van der Waals surface area contributed by atoms with Gasteiger partial charge in [0.25, 0.3) is 0 Å². The molecule has 0 aromatic heterocycles. The molecule has 2 aromatic rings. The van der Waals surface area contributed by atoms with Crippen molar-refractivity contribution in [1.82, 2.24) is 4.90 Å². The highest BCUT2D eigenvalue weighted by atomic mass is 16.3. The molecular formula is C19H23NO2. The van der Waals surface area contributed by atoms with Gasteiger partial charge < -0.3 is 10.0 Å². The average molecular weight is 297 g/mol. The van der Waals surface area contributed by atoms with E-state index in [9.17, 15) is 9.90 Å². The largest absolute Gasteiger partial charge is 0.386 e. The lowest BCUT2D eigenvalue weighted by molar-refractivity contribution is -0.133. The number of carbonyl (C=O) groups is 1. The van der Waals surface area contributed by atoms with Crippen molar-refractivity contribution in [2.75, 3.05) is 7.05 Å². The summed E-state index contributed by atoms with van der Waals surface area (Å²) < 4.78 is 0. The van der Waals surface area contributed by atoms with E-state index < -0.39 is 6.10 Å². The number of likely N-dealkylation sites (N-methyl/N-ethyl adjacent to an activating group) is 1. The van der Waals surface area contributed by atoms with Gasteiger partial charge in [0, 0.05) is 13.5 Å². The molecule has 3 nitrogen and oxygen atoms in total. The molecule has 1 N–H and O–H groups in total. The Balaban J connectivity index is 1.92. The first-order chi connectivity index (χ1) is 10.6. The van der Waals surface area contributed by atoms with Crippen molar-refractivity contribution in [3.8, 4) is 0 Å². The molecule has 1 amide bonds. The molecule has 0 saturated carbocycles. The van der Waals surface area contributed by atoms with Crippen LogP contribution < -0.4 is 0 Å². The second-order valence-electron chi connectivity index (χ2n) is 5.59. The minimum absolute atomic E-state index is 0.0475. The standard InChI is InChI=1S/C19H23NO2/c1-15(19(22)17-11-7-4-8-12-17)20(2)18(21)14-13-16-9-5-3-6-10-16/h3-12,15,19,22H,13-14H2,1-2H3/t15-,19-/m0/s1. The van der Waals surface area contributed by atoms with Crippen LogP contribution in [-0.4, -0.2) is 29.0 Å². The smallest absolute Gasteiger partial charge is 0.222 e. The van der Waals surface area contributed by atoms with Gasteiger partial charge in [0.15, 0.2) is 0 Å². The Morgan fingerprint density at radius 1 is 1.05 bits per heavy atom. The zero-order valence-corrected chi connectivity index (χ0v) is 13.1. The third kappa shape index (κ3) is 4.18. The molecule has 0 bridgehead atoms. The van der Waals surface area contributed by atoms with E-state index in [2.05, 4.69) is 0 Å². The molecule has 0 unspecified atom stereocenters. The summed E-state index contributed by atoms with van der Waals surface area (Å²) in [4.78, 5) is 13.9. The van der Waals surface area contributed by atoms with E-state index in [4.69, 9.17) is 0 Å². The van der Waals surface area contributed by atoms with Gasteiger partial charge in [-0.15, -0.1) is 0 Å². The normalized spacial score (nSPS) is 13.4. The van der Waals surface area contributed by atoms with Crippen molar-refractivity contribution < 1.29 is 9.90 Å². The summed E-state index contributed by atoms with van der Waals surface area (Å²) in [5.41, 5.74) is 1.98. The van der Waals surface area contributed by atoms with Gasteiger partial charge in [-0.1, -0.05) is 60.7 Å². The van der Waals surface area contributed by atoms with Crippen LogP contribution >= 0.6 is 0 Å². The van der Waals surface area contributed by atoms with Crippen LogP contribution in [0.3, 0.4) is 0 Å². The SMILES string of the molecule is C[C@@H]([C@H](O)c1ccccc1)N(C)C(=O)CCc1ccccc1. The Bertz CT molecular complexity index is 583. The van der Waals surface area contributed by atoms with Crippen LogP contribution in [0.25, 0.3) is 0 Å². The van der Waals surface area contributed by atoms with Crippen molar-refractivity contribution in [2.24, 2.45) is 0 Å². The van der Waals surface area contributed by atoms with Crippen LogP contribution in [0.5, 0.6) is 0 Å². The molecular weight excluding hydrogens is 274 g/mol. The first-order valence-electron chi connectivity index (χ1n) is 7.62. The number of rotatable bonds is 6. The summed E-state index contributed by atoms with van der Waals surface area (Å²) in [6.07, 6.45) is 0.497. The van der Waals surface area contributed by atoms with Crippen molar-refractivity contribution in [2.45, 2.75) is 31.9 Å². The molecule has 0 fully saturated rings. The Labute approximate surface area is 132 Å². The zero-order chi connectivity index (χ0) is 15.9. The number of benzene rings is 2. The lowest BCUT2D eigenvalue weighted by atomic mass is 10.0. The average Bonchev–Trinajstić information content (AvgIpc) is 2.59. The number of aliphatic hydroxyl groups excluding tert-OH is 1. The molecule has 2 aromatic carbocycles. The van der Waals surface area contributed by atoms with Gasteiger partial charge in [0.05, 0.1) is 12.1 Å². The molecule has 22 heavy (non-hydrogen) atoms. The third-order valence-corrected chi connectivity index (χ3v) is 4.07. The molecule has 0 aliphatic carbocycles. The van der Waals surface area contributed by atoms with Crippen LogP contribution in [0.15, 0.2) is 60.7 Å². The quantitative estimate of drug-likeness (QED) is 0.889. The second-order valence-corrected chi connectivity index (χ2v) is 5.59. The minimum Gasteiger partial charge on any atom is -0.386 e. The first kappa shape index (κ1) is 16.2. The van der Waals surface area contributed by atoms with E-state index in [-0.39, 0.29) is 11.9 Å². The third-order valence-electron chi connectivity index (χ3n) is 4.07. The van der Waals surface area contributed by atoms with E-state index in [0.717, 1.165) is 17.5 Å². The monoisotopic (exact) mass is 297 g/mol. The summed E-state index contributed by atoms with van der Waals surface area (Å²) in [7, 11) is 1.75. The van der Waals surface area contributed by atoms with E-state index in [1.807, 2.05) is 67.6 Å². The number of hydrogen-bond acceptors (Lipinski definition) is 2. The number of carbonyl (C=O) groups excluding carboxylic acids is 1. The molecule has 116 valence electrons. The van der Waals surface area contributed by atoms with Crippen LogP contribution in [0.1, 0.15) is 30.6 Å². The van der Waals surface area contributed by atoms with Gasteiger partial charge in [-0.25, -0.2) is 0 Å². The molecule has 0 saturated heterocycles. The predicted octanol–water partition coefficient (Wildman–Crippen LogP) is 3.20. The van der Waals surface area contributed by atoms with Crippen LogP contribution in [-0.2, 0) is 11.2 Å².